The molecule has 0 aliphatic heterocycles. The highest BCUT2D eigenvalue weighted by Gasteiger charge is 2.17. The van der Waals surface area contributed by atoms with E-state index in [1.165, 1.54) is 17.4 Å². The van der Waals surface area contributed by atoms with Crippen LogP contribution in [0.4, 0.5) is 15.2 Å². The monoisotopic (exact) mass is 489 g/mol. The summed E-state index contributed by atoms with van der Waals surface area (Å²) in [6.07, 6.45) is -0.127. The summed E-state index contributed by atoms with van der Waals surface area (Å²) in [7, 11) is 0. The number of thiazole rings is 1. The Labute approximate surface area is 206 Å². The van der Waals surface area contributed by atoms with Gasteiger partial charge in [-0.2, -0.15) is 0 Å². The first kappa shape index (κ1) is 24.1. The predicted molar refractivity (Wildman–Crippen MR) is 136 cm³/mol. The van der Waals surface area contributed by atoms with Gasteiger partial charge in [-0.05, 0) is 48.9 Å². The number of aromatic nitrogens is 1. The van der Waals surface area contributed by atoms with Crippen molar-refractivity contribution in [2.45, 2.75) is 19.9 Å². The summed E-state index contributed by atoms with van der Waals surface area (Å²) in [6, 6.07) is 21.8. The molecule has 0 unspecified atom stereocenters. The Bertz CT molecular complexity index is 1320. The molecule has 1 aromatic heterocycles. The Kier molecular flexibility index (Phi) is 7.52. The van der Waals surface area contributed by atoms with Crippen LogP contribution in [0.5, 0.6) is 0 Å². The number of carboxylic acid groups (broad SMARTS) is 1. The molecule has 0 saturated heterocycles. The number of halogens is 1. The molecule has 0 radical (unpaired) electrons. The molecule has 2 N–H and O–H groups in total. The Morgan fingerprint density at radius 1 is 1.03 bits per heavy atom. The lowest BCUT2D eigenvalue weighted by molar-refractivity contribution is -0.136. The molecule has 4 rings (SSSR count). The van der Waals surface area contributed by atoms with Gasteiger partial charge >= 0.3 is 5.97 Å². The number of aryl methyl sites for hydroxylation is 1. The molecule has 1 heterocycles. The smallest absolute Gasteiger partial charge is 0.305 e. The average molecular weight is 490 g/mol. The van der Waals surface area contributed by atoms with Crippen LogP contribution in [0.3, 0.4) is 0 Å². The van der Waals surface area contributed by atoms with Crippen molar-refractivity contribution in [3.05, 3.63) is 101 Å². The van der Waals surface area contributed by atoms with E-state index in [0.717, 1.165) is 21.9 Å². The molecule has 8 heteroatoms. The normalized spacial score (nSPS) is 10.7. The maximum absolute atomic E-state index is 14.3. The SMILES string of the molecule is Cc1ccc(N(Cc2ccc(C(=O)NCCC(=O)O)cc2)c2nc(-c3ccccc3F)cs2)cc1. The first-order chi connectivity index (χ1) is 16.9. The van der Waals surface area contributed by atoms with Crippen molar-refractivity contribution in [2.24, 2.45) is 0 Å². The van der Waals surface area contributed by atoms with Crippen LogP contribution in [0.2, 0.25) is 0 Å². The summed E-state index contributed by atoms with van der Waals surface area (Å²) in [5.41, 5.74) is 4.52. The number of anilines is 2. The van der Waals surface area contributed by atoms with E-state index in [9.17, 15) is 14.0 Å². The molecule has 0 fully saturated rings. The first-order valence-corrected chi connectivity index (χ1v) is 11.9. The lowest BCUT2D eigenvalue weighted by Gasteiger charge is -2.22. The second-order valence-corrected chi connectivity index (χ2v) is 8.85. The Hall–Kier alpha value is -4.04. The van der Waals surface area contributed by atoms with E-state index in [2.05, 4.69) is 10.2 Å². The largest absolute Gasteiger partial charge is 0.481 e. The molecule has 0 bridgehead atoms. The summed E-state index contributed by atoms with van der Waals surface area (Å²) < 4.78 is 14.3. The van der Waals surface area contributed by atoms with Gasteiger partial charge in [0.25, 0.3) is 5.91 Å². The van der Waals surface area contributed by atoms with Crippen LogP contribution < -0.4 is 10.2 Å². The van der Waals surface area contributed by atoms with Crippen LogP contribution in [0.1, 0.15) is 27.9 Å². The van der Waals surface area contributed by atoms with Gasteiger partial charge in [0.1, 0.15) is 5.82 Å². The zero-order valence-corrected chi connectivity index (χ0v) is 19.9. The van der Waals surface area contributed by atoms with E-state index in [-0.39, 0.29) is 24.7 Å². The first-order valence-electron chi connectivity index (χ1n) is 11.0. The summed E-state index contributed by atoms with van der Waals surface area (Å²) >= 11 is 1.43. The summed E-state index contributed by atoms with van der Waals surface area (Å²) in [6.45, 7) is 2.59. The standard InChI is InChI=1S/C27H24FN3O3S/c1-18-6-12-21(13-7-18)31(27-30-24(17-35-27)22-4-2-3-5-23(22)28)16-19-8-10-20(11-9-19)26(34)29-15-14-25(32)33/h2-13,17H,14-16H2,1H3,(H,29,34)(H,32,33). The number of benzene rings is 3. The van der Waals surface area contributed by atoms with Crippen LogP contribution in [0.25, 0.3) is 11.3 Å². The Morgan fingerprint density at radius 2 is 1.74 bits per heavy atom. The molecule has 1 amide bonds. The summed E-state index contributed by atoms with van der Waals surface area (Å²) in [4.78, 5) is 29.7. The topological polar surface area (TPSA) is 82.5 Å². The van der Waals surface area contributed by atoms with E-state index in [0.29, 0.717) is 23.4 Å². The maximum Gasteiger partial charge on any atom is 0.305 e. The lowest BCUT2D eigenvalue weighted by Crippen LogP contribution is -2.26. The minimum atomic E-state index is -0.961. The minimum absolute atomic E-state index is 0.0749. The third-order valence-corrected chi connectivity index (χ3v) is 6.26. The average Bonchev–Trinajstić information content (AvgIpc) is 3.33. The fraction of sp³-hybridized carbons (Fsp3) is 0.148. The van der Waals surface area contributed by atoms with E-state index in [1.807, 2.05) is 48.7 Å². The van der Waals surface area contributed by atoms with Crippen molar-refractivity contribution in [3.8, 4) is 11.3 Å². The number of carboxylic acids is 1. The number of carbonyl (C=O) groups is 2. The lowest BCUT2D eigenvalue weighted by atomic mass is 10.1. The number of nitrogens with zero attached hydrogens (tertiary/aromatic N) is 2. The van der Waals surface area contributed by atoms with Crippen molar-refractivity contribution in [1.29, 1.82) is 0 Å². The van der Waals surface area contributed by atoms with Crippen LogP contribution in [-0.4, -0.2) is 28.5 Å². The van der Waals surface area contributed by atoms with Gasteiger partial charge in [0.15, 0.2) is 5.13 Å². The number of nitrogens with one attached hydrogen (secondary N) is 1. The van der Waals surface area contributed by atoms with Crippen molar-refractivity contribution >= 4 is 34.0 Å². The zero-order valence-electron chi connectivity index (χ0n) is 19.1. The van der Waals surface area contributed by atoms with Crippen molar-refractivity contribution < 1.29 is 19.1 Å². The van der Waals surface area contributed by atoms with Gasteiger partial charge in [-0.3, -0.25) is 9.59 Å². The molecule has 4 aromatic rings. The number of aliphatic carboxylic acids is 1. The number of hydrogen-bond donors (Lipinski definition) is 2. The Morgan fingerprint density at radius 3 is 2.43 bits per heavy atom. The summed E-state index contributed by atoms with van der Waals surface area (Å²) in [5.74, 6) is -1.59. The number of carbonyl (C=O) groups excluding carboxylic acids is 1. The molecule has 0 aliphatic rings. The van der Waals surface area contributed by atoms with E-state index >= 15 is 0 Å². The predicted octanol–water partition coefficient (Wildman–Crippen LogP) is 5.80. The molecule has 178 valence electrons. The molecule has 6 nitrogen and oxygen atoms in total. The van der Waals surface area contributed by atoms with Gasteiger partial charge in [-0.15, -0.1) is 11.3 Å². The van der Waals surface area contributed by atoms with Crippen molar-refractivity contribution in [1.82, 2.24) is 10.3 Å². The van der Waals surface area contributed by atoms with Crippen LogP contribution in [0.15, 0.2) is 78.2 Å². The van der Waals surface area contributed by atoms with Crippen LogP contribution in [0, 0.1) is 12.7 Å². The van der Waals surface area contributed by atoms with Gasteiger partial charge < -0.3 is 15.3 Å². The third-order valence-electron chi connectivity index (χ3n) is 5.40. The van der Waals surface area contributed by atoms with E-state index < -0.39 is 5.97 Å². The zero-order chi connectivity index (χ0) is 24.8. The third kappa shape index (κ3) is 6.10. The molecule has 0 saturated carbocycles. The number of rotatable bonds is 9. The van der Waals surface area contributed by atoms with E-state index in [4.69, 9.17) is 10.1 Å². The molecule has 3 aromatic carbocycles. The fourth-order valence-electron chi connectivity index (χ4n) is 3.50. The van der Waals surface area contributed by atoms with Crippen molar-refractivity contribution in [3.63, 3.8) is 0 Å². The fourth-order valence-corrected chi connectivity index (χ4v) is 4.35. The van der Waals surface area contributed by atoms with Gasteiger partial charge in [0.2, 0.25) is 0 Å². The van der Waals surface area contributed by atoms with Crippen molar-refractivity contribution in [2.75, 3.05) is 11.4 Å². The highest BCUT2D eigenvalue weighted by Crippen LogP contribution is 2.34. The Balaban J connectivity index is 1.57. The highest BCUT2D eigenvalue weighted by atomic mass is 32.1. The molecule has 35 heavy (non-hydrogen) atoms. The summed E-state index contributed by atoms with van der Waals surface area (Å²) in [5, 5.41) is 13.9. The van der Waals surface area contributed by atoms with Crippen LogP contribution >= 0.6 is 11.3 Å². The second-order valence-electron chi connectivity index (χ2n) is 8.01. The highest BCUT2D eigenvalue weighted by molar-refractivity contribution is 7.14. The molecule has 0 aliphatic carbocycles. The molecule has 0 atom stereocenters. The van der Waals surface area contributed by atoms with Gasteiger partial charge in [0, 0.05) is 28.7 Å². The molecular weight excluding hydrogens is 465 g/mol. The number of amides is 1. The molecule has 0 spiro atoms. The van der Waals surface area contributed by atoms with Gasteiger partial charge in [-0.1, -0.05) is 42.0 Å². The number of hydrogen-bond acceptors (Lipinski definition) is 5. The quantitative estimate of drug-likeness (QED) is 0.311. The van der Waals surface area contributed by atoms with Gasteiger partial charge in [0.05, 0.1) is 18.7 Å². The maximum atomic E-state index is 14.3. The van der Waals surface area contributed by atoms with E-state index in [1.54, 1.807) is 30.3 Å². The molecular formula is C27H24FN3O3S. The second kappa shape index (κ2) is 10.9. The minimum Gasteiger partial charge on any atom is -0.481 e. The van der Waals surface area contributed by atoms with Gasteiger partial charge in [-0.25, -0.2) is 9.37 Å². The van der Waals surface area contributed by atoms with Crippen LogP contribution in [-0.2, 0) is 11.3 Å².